The molecule has 4 aliphatic rings. The lowest BCUT2D eigenvalue weighted by molar-refractivity contribution is -0.149. The van der Waals surface area contributed by atoms with Crippen molar-refractivity contribution in [3.05, 3.63) is 11.6 Å². The zero-order valence-corrected chi connectivity index (χ0v) is 22.4. The Bertz CT molecular complexity index is 815. The highest BCUT2D eigenvalue weighted by Gasteiger charge is 2.60. The molecule has 34 heavy (non-hydrogen) atoms. The lowest BCUT2D eigenvalue weighted by Crippen LogP contribution is -2.51. The Kier molecular flexibility index (Phi) is 7.29. The smallest absolute Gasteiger partial charge is 0.306 e. The van der Waals surface area contributed by atoms with Crippen LogP contribution >= 0.6 is 0 Å². The third-order valence-electron chi connectivity index (χ3n) is 11.3. The summed E-state index contributed by atoms with van der Waals surface area (Å²) in [5.41, 5.74) is 1.90. The highest BCUT2D eigenvalue weighted by Crippen LogP contribution is 2.67. The van der Waals surface area contributed by atoms with Crippen LogP contribution in [0.4, 0.5) is 0 Å². The average molecular weight is 473 g/mol. The molecular weight excluding hydrogens is 424 g/mol. The molecule has 0 unspecified atom stereocenters. The van der Waals surface area contributed by atoms with Gasteiger partial charge in [0.1, 0.15) is 6.10 Å². The quantitative estimate of drug-likeness (QED) is 0.312. The van der Waals surface area contributed by atoms with E-state index in [-0.39, 0.29) is 28.8 Å². The summed E-state index contributed by atoms with van der Waals surface area (Å²) in [4.78, 5) is 24.0. The molecule has 0 aromatic heterocycles. The summed E-state index contributed by atoms with van der Waals surface area (Å²) in [6.07, 6.45) is 13.2. The van der Waals surface area contributed by atoms with Gasteiger partial charge in [-0.15, -0.1) is 0 Å². The summed E-state index contributed by atoms with van der Waals surface area (Å²) in [6, 6.07) is 0. The number of carbonyl (C=O) groups excluding carboxylic acids is 1. The molecule has 0 radical (unpaired) electrons. The van der Waals surface area contributed by atoms with Crippen molar-refractivity contribution in [2.75, 3.05) is 0 Å². The number of rotatable bonds is 7. The molecule has 0 aromatic carbocycles. The number of ether oxygens (including phenoxy) is 1. The highest BCUT2D eigenvalue weighted by atomic mass is 16.5. The summed E-state index contributed by atoms with van der Waals surface area (Å²) in [5.74, 6) is 2.57. The first kappa shape index (κ1) is 25.8. The maximum absolute atomic E-state index is 12.5. The van der Waals surface area contributed by atoms with E-state index in [9.17, 15) is 14.7 Å². The van der Waals surface area contributed by atoms with E-state index in [0.29, 0.717) is 35.5 Å². The van der Waals surface area contributed by atoms with Gasteiger partial charge in [0.05, 0.1) is 5.92 Å². The zero-order valence-electron chi connectivity index (χ0n) is 22.4. The second kappa shape index (κ2) is 9.62. The molecule has 1 N–H and O–H groups in total. The van der Waals surface area contributed by atoms with Crippen LogP contribution in [0.25, 0.3) is 0 Å². The molecule has 0 amide bonds. The number of allylic oxidation sites excluding steroid dienone is 1. The van der Waals surface area contributed by atoms with Gasteiger partial charge in [-0.3, -0.25) is 9.59 Å². The summed E-state index contributed by atoms with van der Waals surface area (Å²) >= 11 is 0. The van der Waals surface area contributed by atoms with Gasteiger partial charge < -0.3 is 9.84 Å². The molecule has 0 aromatic rings. The Hall–Kier alpha value is -1.32. The Morgan fingerprint density at radius 3 is 2.44 bits per heavy atom. The number of carbonyl (C=O) groups is 2. The fourth-order valence-corrected chi connectivity index (χ4v) is 8.94. The predicted molar refractivity (Wildman–Crippen MR) is 135 cm³/mol. The fraction of sp³-hybridized carbons (Fsp3) is 0.867. The minimum atomic E-state index is -0.563. The number of carboxylic acids is 1. The van der Waals surface area contributed by atoms with E-state index >= 15 is 0 Å². The van der Waals surface area contributed by atoms with Gasteiger partial charge in [0.2, 0.25) is 0 Å². The highest BCUT2D eigenvalue weighted by molar-refractivity contribution is 5.70. The van der Waals surface area contributed by atoms with Crippen molar-refractivity contribution in [1.29, 1.82) is 0 Å². The van der Waals surface area contributed by atoms with Crippen LogP contribution in [-0.2, 0) is 14.3 Å². The second-order valence-corrected chi connectivity index (χ2v) is 13.2. The van der Waals surface area contributed by atoms with Gasteiger partial charge in [-0.25, -0.2) is 0 Å². The van der Waals surface area contributed by atoms with Gasteiger partial charge in [0, 0.05) is 13.3 Å². The topological polar surface area (TPSA) is 63.6 Å². The van der Waals surface area contributed by atoms with Crippen LogP contribution in [0.1, 0.15) is 106 Å². The molecule has 0 spiro atoms. The standard InChI is InChI=1S/C30H48O4/c1-18(2)19(3)7-9-24(28(32)33)26-12-11-25-23-10-8-21-17-22(34-20(4)31)13-15-29(21,5)27(23)14-16-30(25,26)6/h8,18-19,22-27H,7,9-17H2,1-6H3,(H,32,33)/t19-,22-,23-,24+,25-,26+,27-,29-,30-/m0/s1. The monoisotopic (exact) mass is 472 g/mol. The lowest BCUT2D eigenvalue weighted by atomic mass is 9.47. The van der Waals surface area contributed by atoms with Crippen LogP contribution in [-0.4, -0.2) is 23.1 Å². The molecule has 192 valence electrons. The number of carboxylic acid groups (broad SMARTS) is 1. The summed E-state index contributed by atoms with van der Waals surface area (Å²) < 4.78 is 5.59. The van der Waals surface area contributed by atoms with Crippen molar-refractivity contribution in [3.63, 3.8) is 0 Å². The number of hydrogen-bond acceptors (Lipinski definition) is 3. The minimum absolute atomic E-state index is 0.0441. The minimum Gasteiger partial charge on any atom is -0.481 e. The van der Waals surface area contributed by atoms with Gasteiger partial charge in [0.15, 0.2) is 0 Å². The maximum Gasteiger partial charge on any atom is 0.306 e. The molecular formula is C30H48O4. The largest absolute Gasteiger partial charge is 0.481 e. The molecule has 0 heterocycles. The van der Waals surface area contributed by atoms with Crippen LogP contribution in [0.3, 0.4) is 0 Å². The van der Waals surface area contributed by atoms with Crippen molar-refractivity contribution >= 4 is 11.9 Å². The Balaban J connectivity index is 1.51. The molecule has 4 heteroatoms. The number of aliphatic carboxylic acids is 1. The van der Waals surface area contributed by atoms with Gasteiger partial charge in [-0.05, 0) is 104 Å². The van der Waals surface area contributed by atoms with Crippen molar-refractivity contribution in [1.82, 2.24) is 0 Å². The predicted octanol–water partition coefficient (Wildman–Crippen LogP) is 7.27. The Morgan fingerprint density at radius 2 is 1.79 bits per heavy atom. The third-order valence-corrected chi connectivity index (χ3v) is 11.3. The van der Waals surface area contributed by atoms with Gasteiger partial charge >= 0.3 is 11.9 Å². The van der Waals surface area contributed by atoms with E-state index in [4.69, 9.17) is 4.74 Å². The molecule has 0 saturated heterocycles. The van der Waals surface area contributed by atoms with Crippen molar-refractivity contribution < 1.29 is 19.4 Å². The van der Waals surface area contributed by atoms with Crippen LogP contribution < -0.4 is 0 Å². The van der Waals surface area contributed by atoms with Gasteiger partial charge in [-0.2, -0.15) is 0 Å². The van der Waals surface area contributed by atoms with E-state index < -0.39 is 5.97 Å². The van der Waals surface area contributed by atoms with Crippen LogP contribution in [0, 0.1) is 52.3 Å². The maximum atomic E-state index is 12.5. The third kappa shape index (κ3) is 4.48. The van der Waals surface area contributed by atoms with Gasteiger partial charge in [-0.1, -0.05) is 46.3 Å². The van der Waals surface area contributed by atoms with E-state index in [1.54, 1.807) is 0 Å². The van der Waals surface area contributed by atoms with Crippen LogP contribution in [0.2, 0.25) is 0 Å². The average Bonchev–Trinajstić information content (AvgIpc) is 3.10. The first-order valence-corrected chi connectivity index (χ1v) is 14.1. The van der Waals surface area contributed by atoms with E-state index in [0.717, 1.165) is 44.9 Å². The van der Waals surface area contributed by atoms with E-state index in [1.807, 2.05) is 0 Å². The first-order chi connectivity index (χ1) is 16.0. The van der Waals surface area contributed by atoms with Crippen molar-refractivity contribution in [2.45, 2.75) is 112 Å². The second-order valence-electron chi connectivity index (χ2n) is 13.2. The van der Waals surface area contributed by atoms with Crippen molar-refractivity contribution in [3.8, 4) is 0 Å². The first-order valence-electron chi connectivity index (χ1n) is 14.1. The SMILES string of the molecule is CC(=O)O[C@H]1CC[C@@]2(C)C(=CC[C@H]3[C@@H]4CC[C@H]([C@@H](CC[C@H](C)C(C)C)C(=O)O)[C@@]4(C)CC[C@@H]32)C1. The molecule has 9 atom stereocenters. The normalized spacial score (nSPS) is 41.0. The molecule has 4 aliphatic carbocycles. The molecule has 0 aliphatic heterocycles. The fourth-order valence-electron chi connectivity index (χ4n) is 8.94. The van der Waals surface area contributed by atoms with E-state index in [1.165, 1.54) is 31.8 Å². The van der Waals surface area contributed by atoms with Crippen LogP contribution in [0.5, 0.6) is 0 Å². The molecule has 0 bridgehead atoms. The number of hydrogen-bond donors (Lipinski definition) is 1. The molecule has 4 rings (SSSR count). The Labute approximate surface area is 207 Å². The molecule has 3 fully saturated rings. The summed E-state index contributed by atoms with van der Waals surface area (Å²) in [5, 5.41) is 10.3. The summed E-state index contributed by atoms with van der Waals surface area (Å²) in [7, 11) is 0. The number of fused-ring (bicyclic) bond motifs is 5. The van der Waals surface area contributed by atoms with E-state index in [2.05, 4.69) is 40.7 Å². The van der Waals surface area contributed by atoms with Crippen molar-refractivity contribution in [2.24, 2.45) is 52.3 Å². The molecule has 3 saturated carbocycles. The number of esters is 1. The van der Waals surface area contributed by atoms with Gasteiger partial charge in [0.25, 0.3) is 0 Å². The zero-order chi connectivity index (χ0) is 24.8. The Morgan fingerprint density at radius 1 is 1.06 bits per heavy atom. The molecule has 4 nitrogen and oxygen atoms in total. The van der Waals surface area contributed by atoms with Crippen LogP contribution in [0.15, 0.2) is 11.6 Å². The lowest BCUT2D eigenvalue weighted by Gasteiger charge is -2.58. The summed E-state index contributed by atoms with van der Waals surface area (Å²) in [6.45, 7) is 13.2.